The largest absolute Gasteiger partial charge is 0.357 e. The van der Waals surface area contributed by atoms with Crippen molar-refractivity contribution in [3.8, 4) is 0 Å². The van der Waals surface area contributed by atoms with E-state index in [4.69, 9.17) is 4.99 Å². The van der Waals surface area contributed by atoms with Crippen LogP contribution in [0.15, 0.2) is 40.8 Å². The summed E-state index contributed by atoms with van der Waals surface area (Å²) >= 11 is 1.80. The molecule has 0 aromatic carbocycles. The Labute approximate surface area is 190 Å². The highest BCUT2D eigenvalue weighted by molar-refractivity contribution is 14.0. The van der Waals surface area contributed by atoms with Gasteiger partial charge in [-0.1, -0.05) is 26.0 Å². The van der Waals surface area contributed by atoms with Crippen LogP contribution in [-0.4, -0.2) is 37.1 Å². The van der Waals surface area contributed by atoms with Crippen molar-refractivity contribution in [1.29, 1.82) is 0 Å². The molecule has 0 unspecified atom stereocenters. The van der Waals surface area contributed by atoms with Gasteiger partial charge < -0.3 is 15.5 Å². The molecule has 0 atom stereocenters. The second-order valence-corrected chi connectivity index (χ2v) is 8.58. The summed E-state index contributed by atoms with van der Waals surface area (Å²) in [4.78, 5) is 13.1. The Hall–Kier alpha value is -1.35. The van der Waals surface area contributed by atoms with Gasteiger partial charge in [-0.2, -0.15) is 0 Å². The lowest BCUT2D eigenvalue weighted by Gasteiger charge is -2.25. The third-order valence-corrected chi connectivity index (χ3v) is 6.12. The molecule has 0 amide bonds. The van der Waals surface area contributed by atoms with Gasteiger partial charge >= 0.3 is 0 Å². The number of nitrogens with zero attached hydrogens (tertiary/aromatic N) is 3. The molecule has 0 saturated carbocycles. The summed E-state index contributed by atoms with van der Waals surface area (Å²) in [5.74, 6) is 1.94. The van der Waals surface area contributed by atoms with Crippen molar-refractivity contribution in [3.63, 3.8) is 0 Å². The van der Waals surface area contributed by atoms with Gasteiger partial charge in [-0.25, -0.2) is 9.98 Å². The van der Waals surface area contributed by atoms with Crippen molar-refractivity contribution in [2.75, 3.05) is 31.1 Å². The number of hydrogen-bond donors (Lipinski definition) is 2. The molecule has 3 rings (SSSR count). The third-order valence-electron chi connectivity index (χ3n) is 4.89. The number of aromatic nitrogens is 1. The Bertz CT molecular complexity index is 722. The number of hydrogen-bond acceptors (Lipinski definition) is 4. The smallest absolute Gasteiger partial charge is 0.191 e. The van der Waals surface area contributed by atoms with E-state index in [1.54, 1.807) is 11.3 Å². The Morgan fingerprint density at radius 1 is 1.21 bits per heavy atom. The lowest BCUT2D eigenvalue weighted by molar-refractivity contribution is 0.518. The first-order valence-corrected chi connectivity index (χ1v) is 10.7. The first-order chi connectivity index (χ1) is 13.1. The quantitative estimate of drug-likeness (QED) is 0.328. The molecule has 2 aromatic heterocycles. The molecule has 1 fully saturated rings. The van der Waals surface area contributed by atoms with Gasteiger partial charge in [-0.15, -0.1) is 35.3 Å². The molecule has 1 saturated heterocycles. The number of halogens is 1. The minimum atomic E-state index is 0. The van der Waals surface area contributed by atoms with Crippen LogP contribution in [0.25, 0.3) is 0 Å². The van der Waals surface area contributed by atoms with Crippen LogP contribution in [0, 0.1) is 0 Å². The van der Waals surface area contributed by atoms with E-state index in [0.29, 0.717) is 6.54 Å². The Morgan fingerprint density at radius 3 is 2.61 bits per heavy atom. The van der Waals surface area contributed by atoms with Crippen molar-refractivity contribution in [2.24, 2.45) is 4.99 Å². The molecule has 1 aliphatic heterocycles. The van der Waals surface area contributed by atoms with Crippen molar-refractivity contribution in [2.45, 2.75) is 45.6 Å². The average Bonchev–Trinajstić information content (AvgIpc) is 3.39. The number of aliphatic imine (C=N–C) groups is 1. The molecule has 0 spiro atoms. The second-order valence-electron chi connectivity index (χ2n) is 7.63. The Kier molecular flexibility index (Phi) is 9.01. The van der Waals surface area contributed by atoms with Crippen molar-refractivity contribution in [3.05, 3.63) is 46.3 Å². The molecule has 0 aliphatic carbocycles. The SMILES string of the molecule is CCNC(=NCc1ccc(N2CCCC2)nc1)NCC(C)(C)c1cccs1.I. The first-order valence-electron chi connectivity index (χ1n) is 9.84. The van der Waals surface area contributed by atoms with Gasteiger partial charge in [0.15, 0.2) is 5.96 Å². The van der Waals surface area contributed by atoms with Gasteiger partial charge in [0.25, 0.3) is 0 Å². The maximum Gasteiger partial charge on any atom is 0.191 e. The molecule has 3 heterocycles. The van der Waals surface area contributed by atoms with E-state index < -0.39 is 0 Å². The van der Waals surface area contributed by atoms with E-state index in [1.807, 2.05) is 6.20 Å². The topological polar surface area (TPSA) is 52.6 Å². The van der Waals surface area contributed by atoms with Gasteiger partial charge in [0.05, 0.1) is 6.54 Å². The van der Waals surface area contributed by atoms with Gasteiger partial charge in [0, 0.05) is 42.7 Å². The predicted octanol–water partition coefficient (Wildman–Crippen LogP) is 4.39. The highest BCUT2D eigenvalue weighted by Gasteiger charge is 2.22. The fourth-order valence-electron chi connectivity index (χ4n) is 3.21. The normalized spacial score (nSPS) is 14.7. The number of anilines is 1. The van der Waals surface area contributed by atoms with Crippen LogP contribution in [0.3, 0.4) is 0 Å². The van der Waals surface area contributed by atoms with Crippen LogP contribution in [0.4, 0.5) is 5.82 Å². The number of pyridine rings is 1. The van der Waals surface area contributed by atoms with Crippen LogP contribution in [0.2, 0.25) is 0 Å². The summed E-state index contributed by atoms with van der Waals surface area (Å²) in [5, 5.41) is 8.97. The first kappa shape index (κ1) is 22.9. The van der Waals surface area contributed by atoms with Crippen LogP contribution in [0.1, 0.15) is 44.1 Å². The van der Waals surface area contributed by atoms with E-state index >= 15 is 0 Å². The van der Waals surface area contributed by atoms with Crippen LogP contribution < -0.4 is 15.5 Å². The highest BCUT2D eigenvalue weighted by Crippen LogP contribution is 2.26. The minimum absolute atomic E-state index is 0. The van der Waals surface area contributed by atoms with Gasteiger partial charge in [0.1, 0.15) is 5.82 Å². The molecular weight excluding hydrogens is 481 g/mol. The highest BCUT2D eigenvalue weighted by atomic mass is 127. The number of rotatable bonds is 7. The summed E-state index contributed by atoms with van der Waals surface area (Å²) in [6.07, 6.45) is 4.50. The van der Waals surface area contributed by atoms with Crippen molar-refractivity contribution < 1.29 is 0 Å². The third kappa shape index (κ3) is 6.34. The molecule has 5 nitrogen and oxygen atoms in total. The van der Waals surface area contributed by atoms with Crippen molar-refractivity contribution >= 4 is 47.1 Å². The summed E-state index contributed by atoms with van der Waals surface area (Å²) in [7, 11) is 0. The Morgan fingerprint density at radius 2 is 2.00 bits per heavy atom. The Balaban J connectivity index is 0.00000280. The fourth-order valence-corrected chi connectivity index (χ4v) is 4.06. The summed E-state index contributed by atoms with van der Waals surface area (Å²) in [6, 6.07) is 8.57. The second kappa shape index (κ2) is 11.0. The van der Waals surface area contributed by atoms with E-state index in [0.717, 1.165) is 43.5 Å². The van der Waals surface area contributed by atoms with E-state index in [2.05, 4.69) is 70.9 Å². The molecule has 28 heavy (non-hydrogen) atoms. The summed E-state index contributed by atoms with van der Waals surface area (Å²) in [5.41, 5.74) is 1.20. The zero-order valence-corrected chi connectivity index (χ0v) is 20.2. The molecule has 1 aliphatic rings. The van der Waals surface area contributed by atoms with E-state index in [-0.39, 0.29) is 29.4 Å². The van der Waals surface area contributed by atoms with Gasteiger partial charge in [-0.05, 0) is 42.8 Å². The van der Waals surface area contributed by atoms with E-state index in [9.17, 15) is 0 Å². The van der Waals surface area contributed by atoms with Gasteiger partial charge in [0.2, 0.25) is 0 Å². The fraction of sp³-hybridized carbons (Fsp3) is 0.524. The zero-order valence-electron chi connectivity index (χ0n) is 17.1. The molecule has 154 valence electrons. The molecule has 0 bridgehead atoms. The molecule has 7 heteroatoms. The maximum absolute atomic E-state index is 4.74. The predicted molar refractivity (Wildman–Crippen MR) is 131 cm³/mol. The van der Waals surface area contributed by atoms with Crippen LogP contribution in [0.5, 0.6) is 0 Å². The lowest BCUT2D eigenvalue weighted by atomic mass is 9.91. The monoisotopic (exact) mass is 513 g/mol. The van der Waals surface area contributed by atoms with Gasteiger partial charge in [-0.3, -0.25) is 0 Å². The molecule has 2 aromatic rings. The number of guanidine groups is 1. The lowest BCUT2D eigenvalue weighted by Crippen LogP contribution is -2.43. The number of nitrogens with one attached hydrogen (secondary N) is 2. The summed E-state index contributed by atoms with van der Waals surface area (Å²) < 4.78 is 0. The minimum Gasteiger partial charge on any atom is -0.357 e. The standard InChI is InChI=1S/C21H31N5S.HI/c1-4-22-20(25-16-21(2,3)18-8-7-13-27-18)24-15-17-9-10-19(23-14-17)26-11-5-6-12-26;/h7-10,13-14H,4-6,11-12,15-16H2,1-3H3,(H2,22,24,25);1H. The molecule has 0 radical (unpaired) electrons. The van der Waals surface area contributed by atoms with Crippen LogP contribution >= 0.6 is 35.3 Å². The summed E-state index contributed by atoms with van der Waals surface area (Å²) in [6.45, 7) is 11.2. The number of thiophene rings is 1. The van der Waals surface area contributed by atoms with Crippen LogP contribution in [-0.2, 0) is 12.0 Å². The molecular formula is C21H32IN5S. The maximum atomic E-state index is 4.74. The molecule has 2 N–H and O–H groups in total. The zero-order chi connectivity index (χ0) is 19.1. The average molecular weight is 513 g/mol. The van der Waals surface area contributed by atoms with Crippen molar-refractivity contribution in [1.82, 2.24) is 15.6 Å². The van der Waals surface area contributed by atoms with E-state index in [1.165, 1.54) is 17.7 Å².